The lowest BCUT2D eigenvalue weighted by atomic mass is 9.92. The van der Waals surface area contributed by atoms with E-state index in [1.165, 1.54) is 13.8 Å². The molecule has 0 radical (unpaired) electrons. The van der Waals surface area contributed by atoms with Gasteiger partial charge in [-0.2, -0.15) is 0 Å². The lowest BCUT2D eigenvalue weighted by molar-refractivity contribution is -0.124. The molecule has 17 heavy (non-hydrogen) atoms. The monoisotopic (exact) mass is 266 g/mol. The van der Waals surface area contributed by atoms with Gasteiger partial charge in [0.25, 0.3) is 0 Å². The van der Waals surface area contributed by atoms with Crippen LogP contribution in [0, 0.1) is 5.92 Å². The molecule has 0 saturated heterocycles. The summed E-state index contributed by atoms with van der Waals surface area (Å²) in [5.41, 5.74) is 0. The van der Waals surface area contributed by atoms with Crippen molar-refractivity contribution in [1.82, 2.24) is 0 Å². The van der Waals surface area contributed by atoms with Crippen molar-refractivity contribution in [2.24, 2.45) is 5.92 Å². The Hall–Kier alpha value is -0.220. The van der Waals surface area contributed by atoms with Gasteiger partial charge in [0.2, 0.25) is 0 Å². The maximum Gasteiger partial charge on any atom is 0.338 e. The van der Waals surface area contributed by atoms with Crippen molar-refractivity contribution in [3.63, 3.8) is 0 Å². The van der Waals surface area contributed by atoms with E-state index in [2.05, 4.69) is 0 Å². The Morgan fingerprint density at radius 3 is 2.29 bits per heavy atom. The first-order chi connectivity index (χ1) is 7.64. The number of carbonyl (C=O) groups excluding carboxylic acids is 1. The molecular weight excluding hydrogens is 243 g/mol. The number of methoxy groups -OCH3 is 1. The van der Waals surface area contributed by atoms with Gasteiger partial charge in [0.15, 0.2) is 5.78 Å². The zero-order valence-corrected chi connectivity index (χ0v) is 11.9. The molecule has 0 aliphatic heterocycles. The van der Waals surface area contributed by atoms with Crippen LogP contribution >= 0.6 is 7.60 Å². The smallest absolute Gasteiger partial charge is 0.338 e. The molecule has 0 amide bonds. The molecule has 102 valence electrons. The van der Waals surface area contributed by atoms with Crippen molar-refractivity contribution >= 4 is 13.4 Å². The van der Waals surface area contributed by atoms with Crippen LogP contribution in [0.3, 0.4) is 0 Å². The summed E-state index contributed by atoms with van der Waals surface area (Å²) in [7, 11) is -2.78. The van der Waals surface area contributed by atoms with Crippen molar-refractivity contribution < 1.29 is 23.9 Å². The molecule has 0 spiro atoms. The van der Waals surface area contributed by atoms with E-state index in [0.717, 1.165) is 12.8 Å². The predicted molar refractivity (Wildman–Crippen MR) is 66.0 cm³/mol. The van der Waals surface area contributed by atoms with Gasteiger partial charge in [0.1, 0.15) is 5.16 Å². The van der Waals surface area contributed by atoms with Gasteiger partial charge in [0.05, 0.1) is 0 Å². The average molecular weight is 266 g/mol. The van der Waals surface area contributed by atoms with Crippen LogP contribution in [0.2, 0.25) is 0 Å². The minimum atomic E-state index is -4.40. The predicted octanol–water partition coefficient (Wildman–Crippen LogP) is 1.96. The van der Waals surface area contributed by atoms with Gasteiger partial charge >= 0.3 is 7.60 Å². The molecule has 0 fully saturated rings. The normalized spacial score (nSPS) is 14.7. The standard InChI is InChI=1S/C11H23O5P/c1-9(7-5-6-8-16-4)10(12)11(2,3)17(13,14)15/h9H,5-8H2,1-4H3,(H2,13,14,15). The van der Waals surface area contributed by atoms with Crippen molar-refractivity contribution in [2.45, 2.75) is 45.2 Å². The molecule has 0 aromatic carbocycles. The summed E-state index contributed by atoms with van der Waals surface area (Å²) in [6.07, 6.45) is 2.30. The number of rotatable bonds is 8. The fraction of sp³-hybridized carbons (Fsp3) is 0.909. The second kappa shape index (κ2) is 6.64. The fourth-order valence-electron chi connectivity index (χ4n) is 1.57. The van der Waals surface area contributed by atoms with Gasteiger partial charge in [-0.15, -0.1) is 0 Å². The average Bonchev–Trinajstić information content (AvgIpc) is 2.21. The fourth-order valence-corrected chi connectivity index (χ4v) is 2.08. The molecule has 0 heterocycles. The summed E-state index contributed by atoms with van der Waals surface area (Å²) in [4.78, 5) is 30.2. The van der Waals surface area contributed by atoms with Crippen LogP contribution in [0.1, 0.15) is 40.0 Å². The number of Topliss-reactive ketones (excluding diaryl/α,β-unsaturated/α-hetero) is 1. The van der Waals surface area contributed by atoms with E-state index in [1.54, 1.807) is 14.0 Å². The number of ketones is 1. The molecule has 0 saturated carbocycles. The topological polar surface area (TPSA) is 83.8 Å². The molecule has 0 rings (SSSR count). The van der Waals surface area contributed by atoms with E-state index in [9.17, 15) is 9.36 Å². The summed E-state index contributed by atoms with van der Waals surface area (Å²) in [6, 6.07) is 0. The van der Waals surface area contributed by atoms with Gasteiger partial charge in [-0.1, -0.05) is 13.3 Å². The van der Waals surface area contributed by atoms with E-state index in [4.69, 9.17) is 14.5 Å². The highest BCUT2D eigenvalue weighted by atomic mass is 31.2. The maximum atomic E-state index is 12.0. The Bertz CT molecular complexity index is 294. The first-order valence-electron chi connectivity index (χ1n) is 5.73. The third kappa shape index (κ3) is 4.88. The van der Waals surface area contributed by atoms with E-state index >= 15 is 0 Å². The van der Waals surface area contributed by atoms with Crippen LogP contribution in [0.4, 0.5) is 0 Å². The van der Waals surface area contributed by atoms with Gasteiger partial charge < -0.3 is 14.5 Å². The lowest BCUT2D eigenvalue weighted by Crippen LogP contribution is -2.36. The molecule has 0 aromatic heterocycles. The first kappa shape index (κ1) is 16.8. The van der Waals surface area contributed by atoms with Crippen molar-refractivity contribution in [3.05, 3.63) is 0 Å². The summed E-state index contributed by atoms with van der Waals surface area (Å²) in [5.74, 6) is -0.710. The molecule has 0 aliphatic rings. The molecule has 2 N–H and O–H groups in total. The van der Waals surface area contributed by atoms with Gasteiger partial charge in [-0.3, -0.25) is 9.36 Å². The van der Waals surface area contributed by atoms with Crippen molar-refractivity contribution in [2.75, 3.05) is 13.7 Å². The molecule has 0 aromatic rings. The number of carbonyl (C=O) groups is 1. The summed E-state index contributed by atoms with van der Waals surface area (Å²) in [5, 5.41) is -1.59. The third-order valence-corrected chi connectivity index (χ3v) is 4.69. The van der Waals surface area contributed by atoms with Crippen LogP contribution < -0.4 is 0 Å². The summed E-state index contributed by atoms with van der Waals surface area (Å²) < 4.78 is 16.1. The van der Waals surface area contributed by atoms with Crippen LogP contribution in [0.15, 0.2) is 0 Å². The quantitative estimate of drug-likeness (QED) is 0.518. The molecule has 5 nitrogen and oxygen atoms in total. The second-order valence-electron chi connectivity index (χ2n) is 4.86. The first-order valence-corrected chi connectivity index (χ1v) is 7.34. The van der Waals surface area contributed by atoms with E-state index in [-0.39, 0.29) is 11.7 Å². The second-order valence-corrected chi connectivity index (χ2v) is 7.06. The Morgan fingerprint density at radius 2 is 1.88 bits per heavy atom. The molecule has 6 heteroatoms. The van der Waals surface area contributed by atoms with Crippen LogP contribution in [0.25, 0.3) is 0 Å². The van der Waals surface area contributed by atoms with E-state index in [0.29, 0.717) is 13.0 Å². The van der Waals surface area contributed by atoms with Gasteiger partial charge in [-0.25, -0.2) is 0 Å². The van der Waals surface area contributed by atoms with Crippen molar-refractivity contribution in [3.8, 4) is 0 Å². The Morgan fingerprint density at radius 1 is 1.35 bits per heavy atom. The Kier molecular flexibility index (Phi) is 6.56. The van der Waals surface area contributed by atoms with Crippen LogP contribution in [-0.2, 0) is 14.1 Å². The third-order valence-electron chi connectivity index (χ3n) is 3.01. The lowest BCUT2D eigenvalue weighted by Gasteiger charge is -2.27. The largest absolute Gasteiger partial charge is 0.385 e. The Balaban J connectivity index is 4.36. The summed E-state index contributed by atoms with van der Waals surface area (Å²) >= 11 is 0. The number of unbranched alkanes of at least 4 members (excludes halogenated alkanes) is 1. The van der Waals surface area contributed by atoms with Crippen LogP contribution in [0.5, 0.6) is 0 Å². The van der Waals surface area contributed by atoms with E-state index < -0.39 is 12.8 Å². The minimum absolute atomic E-state index is 0.338. The van der Waals surface area contributed by atoms with E-state index in [1.807, 2.05) is 0 Å². The zero-order valence-electron chi connectivity index (χ0n) is 11.0. The Labute approximate surface area is 103 Å². The van der Waals surface area contributed by atoms with Gasteiger partial charge in [-0.05, 0) is 26.7 Å². The highest BCUT2D eigenvalue weighted by Crippen LogP contribution is 2.51. The SMILES string of the molecule is COCCCCC(C)C(=O)C(C)(C)P(=O)(O)O. The zero-order chi connectivity index (χ0) is 13.7. The van der Waals surface area contributed by atoms with Crippen LogP contribution in [-0.4, -0.2) is 34.4 Å². The number of ether oxygens (including phenoxy) is 1. The molecule has 0 aliphatic carbocycles. The summed E-state index contributed by atoms with van der Waals surface area (Å²) in [6.45, 7) is 4.97. The maximum absolute atomic E-state index is 12.0. The molecule has 1 unspecified atom stereocenters. The number of hydrogen-bond acceptors (Lipinski definition) is 3. The molecular formula is C11H23O5P. The minimum Gasteiger partial charge on any atom is -0.385 e. The van der Waals surface area contributed by atoms with Gasteiger partial charge in [0, 0.05) is 19.6 Å². The highest BCUT2D eigenvalue weighted by molar-refractivity contribution is 7.54. The number of hydrogen-bond donors (Lipinski definition) is 2. The molecule has 0 bridgehead atoms. The molecule has 1 atom stereocenters. The van der Waals surface area contributed by atoms with Crippen molar-refractivity contribution in [1.29, 1.82) is 0 Å². The highest BCUT2D eigenvalue weighted by Gasteiger charge is 2.45.